The molecule has 0 saturated heterocycles. The number of nitrogens with two attached hydrogens (primary N) is 1. The average Bonchev–Trinajstić information content (AvgIpc) is 2.90. The van der Waals surface area contributed by atoms with Gasteiger partial charge in [0.25, 0.3) is 5.56 Å². The van der Waals surface area contributed by atoms with Crippen LogP contribution in [0.2, 0.25) is 0 Å². The van der Waals surface area contributed by atoms with Crippen LogP contribution in [-0.4, -0.2) is 15.9 Å². The number of hydrogen-bond donors (Lipinski definition) is 1. The van der Waals surface area contributed by atoms with Gasteiger partial charge in [-0.3, -0.25) is 9.20 Å². The number of aryl methyl sites for hydroxylation is 1. The summed E-state index contributed by atoms with van der Waals surface area (Å²) in [7, 11) is 0. The normalized spacial score (nSPS) is 13.6. The molecule has 0 fully saturated rings. The van der Waals surface area contributed by atoms with Gasteiger partial charge >= 0.3 is 0 Å². The Morgan fingerprint density at radius 2 is 2.21 bits per heavy atom. The third kappa shape index (κ3) is 2.76. The maximum Gasteiger partial charge on any atom is 0.259 e. The summed E-state index contributed by atoms with van der Waals surface area (Å²) in [5.74, 6) is 0. The topological polar surface area (TPSA) is 63.6 Å². The van der Waals surface area contributed by atoms with Gasteiger partial charge in [-0.05, 0) is 37.5 Å². The summed E-state index contributed by atoms with van der Waals surface area (Å²) in [6.45, 7) is 3.52. The molecule has 1 aliphatic rings. The Kier molecular flexibility index (Phi) is 4.51. The van der Waals surface area contributed by atoms with Crippen molar-refractivity contribution in [2.45, 2.75) is 26.3 Å². The Balaban J connectivity index is 0.00000169. The van der Waals surface area contributed by atoms with Crippen molar-refractivity contribution >= 4 is 40.1 Å². The lowest BCUT2D eigenvalue weighted by atomic mass is 10.00. The first-order chi connectivity index (χ1) is 11.1. The molecular weight excluding hydrogens is 344 g/mol. The summed E-state index contributed by atoms with van der Waals surface area (Å²) in [5.41, 5.74) is 11.1. The van der Waals surface area contributed by atoms with Crippen molar-refractivity contribution in [2.75, 3.05) is 17.2 Å². The first kappa shape index (κ1) is 16.8. The molecular formula is C17H19ClN4OS. The van der Waals surface area contributed by atoms with Crippen LogP contribution in [0.5, 0.6) is 0 Å². The highest BCUT2D eigenvalue weighted by Crippen LogP contribution is 2.32. The molecule has 0 aliphatic carbocycles. The molecule has 2 aromatic heterocycles. The molecule has 24 heavy (non-hydrogen) atoms. The van der Waals surface area contributed by atoms with Crippen molar-refractivity contribution in [3.05, 3.63) is 57.0 Å². The maximum absolute atomic E-state index is 12.3. The first-order valence-electron chi connectivity index (χ1n) is 7.72. The minimum Gasteiger partial charge on any atom is -0.398 e. The number of halogens is 1. The van der Waals surface area contributed by atoms with E-state index >= 15 is 0 Å². The Hall–Kier alpha value is -2.05. The van der Waals surface area contributed by atoms with Gasteiger partial charge in [-0.15, -0.1) is 23.7 Å². The van der Waals surface area contributed by atoms with Gasteiger partial charge in [-0.2, -0.15) is 0 Å². The highest BCUT2D eigenvalue weighted by Gasteiger charge is 2.19. The number of anilines is 2. The molecule has 0 radical (unpaired) electrons. The average molecular weight is 363 g/mol. The molecule has 0 bridgehead atoms. The van der Waals surface area contributed by atoms with Crippen LogP contribution in [0.15, 0.2) is 34.4 Å². The second-order valence-corrected chi connectivity index (χ2v) is 6.79. The Bertz CT molecular complexity index is 949. The quantitative estimate of drug-likeness (QED) is 0.712. The van der Waals surface area contributed by atoms with Gasteiger partial charge in [0.15, 0.2) is 4.96 Å². The van der Waals surface area contributed by atoms with Crippen molar-refractivity contribution in [1.82, 2.24) is 9.38 Å². The van der Waals surface area contributed by atoms with E-state index in [0.29, 0.717) is 6.54 Å². The molecule has 2 N–H and O–H groups in total. The molecule has 5 nitrogen and oxygen atoms in total. The Labute approximate surface area is 150 Å². The van der Waals surface area contributed by atoms with Crippen molar-refractivity contribution < 1.29 is 0 Å². The lowest BCUT2D eigenvalue weighted by Crippen LogP contribution is -2.30. The Morgan fingerprint density at radius 3 is 3.04 bits per heavy atom. The molecule has 4 rings (SSSR count). The zero-order valence-electron chi connectivity index (χ0n) is 13.4. The number of nitrogen functional groups attached to an aromatic ring is 1. The van der Waals surface area contributed by atoms with Crippen LogP contribution in [0, 0.1) is 6.92 Å². The van der Waals surface area contributed by atoms with Gasteiger partial charge in [0, 0.05) is 35.1 Å². The second-order valence-electron chi connectivity index (χ2n) is 5.95. The van der Waals surface area contributed by atoms with Gasteiger partial charge in [-0.1, -0.05) is 6.07 Å². The summed E-state index contributed by atoms with van der Waals surface area (Å²) in [4.78, 5) is 20.0. The first-order valence-corrected chi connectivity index (χ1v) is 8.60. The van der Waals surface area contributed by atoms with Crippen molar-refractivity contribution in [1.29, 1.82) is 0 Å². The van der Waals surface area contributed by atoms with Crippen molar-refractivity contribution in [3.63, 3.8) is 0 Å². The standard InChI is InChI=1S/C17H18N4OS.ClH/c1-11-10-23-17-19-12(8-16(22)21(11)17)9-20-7-3-4-13-14(18)5-2-6-15(13)20;/h2,5-6,8,10H,3-4,7,9,18H2,1H3;1H. The van der Waals surface area contributed by atoms with Crippen molar-refractivity contribution in [3.8, 4) is 0 Å². The fourth-order valence-electron chi connectivity index (χ4n) is 3.27. The van der Waals surface area contributed by atoms with Crippen LogP contribution < -0.4 is 16.2 Å². The highest BCUT2D eigenvalue weighted by atomic mass is 35.5. The number of aromatic nitrogens is 2. The fourth-order valence-corrected chi connectivity index (χ4v) is 4.16. The van der Waals surface area contributed by atoms with Gasteiger partial charge in [-0.25, -0.2) is 4.98 Å². The van der Waals surface area contributed by atoms with E-state index in [0.717, 1.165) is 41.4 Å². The number of thiazole rings is 1. The number of rotatable bonds is 2. The lowest BCUT2D eigenvalue weighted by Gasteiger charge is -2.31. The molecule has 1 aliphatic heterocycles. The van der Waals surface area contributed by atoms with Crippen LogP contribution in [0.4, 0.5) is 11.4 Å². The predicted molar refractivity (Wildman–Crippen MR) is 102 cm³/mol. The molecule has 0 atom stereocenters. The summed E-state index contributed by atoms with van der Waals surface area (Å²) >= 11 is 1.51. The fraction of sp³-hybridized carbons (Fsp3) is 0.294. The zero-order valence-corrected chi connectivity index (χ0v) is 15.0. The van der Waals surface area contributed by atoms with Crippen LogP contribution >= 0.6 is 23.7 Å². The molecule has 3 heterocycles. The summed E-state index contributed by atoms with van der Waals surface area (Å²) in [6, 6.07) is 7.69. The predicted octanol–water partition coefficient (Wildman–Crippen LogP) is 3.02. The number of hydrogen-bond acceptors (Lipinski definition) is 5. The van der Waals surface area contributed by atoms with Crippen LogP contribution in [0.25, 0.3) is 4.96 Å². The minimum atomic E-state index is -0.00596. The van der Waals surface area contributed by atoms with E-state index in [4.69, 9.17) is 5.73 Å². The largest absolute Gasteiger partial charge is 0.398 e. The Morgan fingerprint density at radius 1 is 1.38 bits per heavy atom. The maximum atomic E-state index is 12.3. The second kappa shape index (κ2) is 6.45. The molecule has 3 aromatic rings. The van der Waals surface area contributed by atoms with Crippen LogP contribution in [0.3, 0.4) is 0 Å². The summed E-state index contributed by atoms with van der Waals surface area (Å²) < 4.78 is 1.66. The number of benzene rings is 1. The van der Waals surface area contributed by atoms with Gasteiger partial charge in [0.05, 0.1) is 12.2 Å². The summed E-state index contributed by atoms with van der Waals surface area (Å²) in [6.07, 6.45) is 2.08. The SMILES string of the molecule is Cc1csc2nc(CN3CCCc4c(N)cccc43)cc(=O)n12.Cl. The molecule has 0 unspecified atom stereocenters. The molecule has 0 spiro atoms. The molecule has 0 amide bonds. The highest BCUT2D eigenvalue weighted by molar-refractivity contribution is 7.15. The van der Waals surface area contributed by atoms with E-state index in [9.17, 15) is 4.79 Å². The van der Waals surface area contributed by atoms with Crippen LogP contribution in [-0.2, 0) is 13.0 Å². The number of nitrogens with zero attached hydrogens (tertiary/aromatic N) is 3. The smallest absolute Gasteiger partial charge is 0.259 e. The molecule has 0 saturated carbocycles. The van der Waals surface area contributed by atoms with Gasteiger partial charge in [0.1, 0.15) is 0 Å². The van der Waals surface area contributed by atoms with Crippen molar-refractivity contribution in [2.24, 2.45) is 0 Å². The van der Waals surface area contributed by atoms with Gasteiger partial charge in [0.2, 0.25) is 0 Å². The molecule has 126 valence electrons. The summed E-state index contributed by atoms with van der Waals surface area (Å²) in [5, 5.41) is 1.96. The zero-order chi connectivity index (χ0) is 16.0. The van der Waals surface area contributed by atoms with E-state index in [-0.39, 0.29) is 18.0 Å². The molecule has 7 heteroatoms. The lowest BCUT2D eigenvalue weighted by molar-refractivity contribution is 0.684. The monoisotopic (exact) mass is 362 g/mol. The van der Waals surface area contributed by atoms with E-state index in [1.54, 1.807) is 10.5 Å². The van der Waals surface area contributed by atoms with E-state index in [1.807, 2.05) is 24.4 Å². The number of fused-ring (bicyclic) bond motifs is 2. The van der Waals surface area contributed by atoms with Crippen LogP contribution in [0.1, 0.15) is 23.4 Å². The van der Waals surface area contributed by atoms with Gasteiger partial charge < -0.3 is 10.6 Å². The third-order valence-electron chi connectivity index (χ3n) is 4.36. The third-order valence-corrected chi connectivity index (χ3v) is 5.31. The van der Waals surface area contributed by atoms with E-state index in [1.165, 1.54) is 22.6 Å². The van der Waals surface area contributed by atoms with E-state index < -0.39 is 0 Å². The minimum absolute atomic E-state index is 0. The molecule has 1 aromatic carbocycles. The van der Waals surface area contributed by atoms with E-state index in [2.05, 4.69) is 16.0 Å².